The van der Waals surface area contributed by atoms with Gasteiger partial charge in [-0.25, -0.2) is 0 Å². The standard InChI is InChI=1S/C19H18ClN3O2/c1-23(13-19(24)21-16-9-5-8-15(20)10-16)12-17-11-18(22-25-17)14-6-3-2-4-7-14/h2-11H,12-13H2,1H3,(H,21,24). The predicted molar refractivity (Wildman–Crippen MR) is 98.4 cm³/mol. The zero-order valence-corrected chi connectivity index (χ0v) is 14.5. The van der Waals surface area contributed by atoms with Gasteiger partial charge in [-0.3, -0.25) is 9.69 Å². The molecule has 0 aliphatic rings. The fourth-order valence-electron chi connectivity index (χ4n) is 2.47. The molecule has 3 rings (SSSR count). The van der Waals surface area contributed by atoms with Gasteiger partial charge in [-0.05, 0) is 25.2 Å². The number of halogens is 1. The van der Waals surface area contributed by atoms with Crippen molar-refractivity contribution in [3.63, 3.8) is 0 Å². The Morgan fingerprint density at radius 2 is 1.96 bits per heavy atom. The van der Waals surface area contributed by atoms with E-state index in [2.05, 4.69) is 10.5 Å². The van der Waals surface area contributed by atoms with Crippen molar-refractivity contribution in [3.8, 4) is 11.3 Å². The van der Waals surface area contributed by atoms with Crippen LogP contribution in [0.5, 0.6) is 0 Å². The second kappa shape index (κ2) is 7.96. The van der Waals surface area contributed by atoms with Crippen molar-refractivity contribution in [2.45, 2.75) is 6.54 Å². The smallest absolute Gasteiger partial charge is 0.238 e. The first kappa shape index (κ1) is 17.2. The summed E-state index contributed by atoms with van der Waals surface area (Å²) in [5.74, 6) is 0.587. The van der Waals surface area contributed by atoms with E-state index < -0.39 is 0 Å². The van der Waals surface area contributed by atoms with Crippen molar-refractivity contribution in [2.75, 3.05) is 18.9 Å². The molecule has 0 saturated carbocycles. The highest BCUT2D eigenvalue weighted by molar-refractivity contribution is 6.30. The monoisotopic (exact) mass is 355 g/mol. The first-order valence-electron chi connectivity index (χ1n) is 7.85. The van der Waals surface area contributed by atoms with Gasteiger partial charge in [-0.2, -0.15) is 0 Å². The molecule has 2 aromatic carbocycles. The lowest BCUT2D eigenvalue weighted by Crippen LogP contribution is -2.29. The quantitative estimate of drug-likeness (QED) is 0.724. The Morgan fingerprint density at radius 1 is 1.16 bits per heavy atom. The molecule has 1 aromatic heterocycles. The second-order valence-electron chi connectivity index (χ2n) is 5.78. The Balaban J connectivity index is 1.55. The van der Waals surface area contributed by atoms with Crippen LogP contribution in [0.25, 0.3) is 11.3 Å². The van der Waals surface area contributed by atoms with E-state index in [4.69, 9.17) is 16.1 Å². The normalized spacial score (nSPS) is 10.8. The number of carbonyl (C=O) groups is 1. The molecule has 0 spiro atoms. The minimum Gasteiger partial charge on any atom is -0.359 e. The number of amides is 1. The molecule has 0 radical (unpaired) electrons. The largest absolute Gasteiger partial charge is 0.359 e. The maximum atomic E-state index is 12.1. The van der Waals surface area contributed by atoms with E-state index in [1.54, 1.807) is 24.3 Å². The van der Waals surface area contributed by atoms with Crippen molar-refractivity contribution >= 4 is 23.2 Å². The van der Waals surface area contributed by atoms with Crippen molar-refractivity contribution in [3.05, 3.63) is 71.4 Å². The molecule has 0 saturated heterocycles. The molecule has 1 heterocycles. The summed E-state index contributed by atoms with van der Waals surface area (Å²) in [7, 11) is 1.85. The highest BCUT2D eigenvalue weighted by Crippen LogP contribution is 2.19. The lowest BCUT2D eigenvalue weighted by molar-refractivity contribution is -0.117. The van der Waals surface area contributed by atoms with Gasteiger partial charge in [0, 0.05) is 22.3 Å². The molecule has 0 bridgehead atoms. The molecule has 0 aliphatic heterocycles. The van der Waals surface area contributed by atoms with Gasteiger partial charge in [-0.1, -0.05) is 53.2 Å². The van der Waals surface area contributed by atoms with Gasteiger partial charge in [0.25, 0.3) is 0 Å². The van der Waals surface area contributed by atoms with E-state index in [1.807, 2.05) is 48.3 Å². The third-order valence-corrected chi connectivity index (χ3v) is 3.81. The summed E-state index contributed by atoms with van der Waals surface area (Å²) in [6.45, 7) is 0.719. The van der Waals surface area contributed by atoms with Crippen LogP contribution in [0.4, 0.5) is 5.69 Å². The van der Waals surface area contributed by atoms with E-state index >= 15 is 0 Å². The highest BCUT2D eigenvalue weighted by atomic mass is 35.5. The number of likely N-dealkylation sites (N-methyl/N-ethyl adjacent to an activating group) is 1. The van der Waals surface area contributed by atoms with E-state index in [-0.39, 0.29) is 12.5 Å². The third-order valence-electron chi connectivity index (χ3n) is 3.58. The molecule has 0 unspecified atom stereocenters. The summed E-state index contributed by atoms with van der Waals surface area (Å²) in [4.78, 5) is 14.0. The summed E-state index contributed by atoms with van der Waals surface area (Å²) >= 11 is 5.91. The lowest BCUT2D eigenvalue weighted by Gasteiger charge is -2.14. The van der Waals surface area contributed by atoms with Crippen LogP contribution in [0, 0.1) is 0 Å². The van der Waals surface area contributed by atoms with Crippen molar-refractivity contribution < 1.29 is 9.32 Å². The summed E-state index contributed by atoms with van der Waals surface area (Å²) < 4.78 is 5.36. The van der Waals surface area contributed by atoms with Crippen molar-refractivity contribution in [1.29, 1.82) is 0 Å². The van der Waals surface area contributed by atoms with Crippen LogP contribution in [0.3, 0.4) is 0 Å². The van der Waals surface area contributed by atoms with Gasteiger partial charge in [0.15, 0.2) is 5.76 Å². The third kappa shape index (κ3) is 4.92. The van der Waals surface area contributed by atoms with Crippen molar-refractivity contribution in [2.24, 2.45) is 0 Å². The van der Waals surface area contributed by atoms with E-state index in [0.717, 1.165) is 11.3 Å². The zero-order chi connectivity index (χ0) is 17.6. The molecule has 1 N–H and O–H groups in total. The number of anilines is 1. The predicted octanol–water partition coefficient (Wildman–Crippen LogP) is 4.07. The van der Waals surface area contributed by atoms with E-state index in [0.29, 0.717) is 23.0 Å². The van der Waals surface area contributed by atoms with Crippen LogP contribution in [-0.4, -0.2) is 29.6 Å². The zero-order valence-electron chi connectivity index (χ0n) is 13.8. The Morgan fingerprint density at radius 3 is 2.72 bits per heavy atom. The molecular formula is C19H18ClN3O2. The Hall–Kier alpha value is -2.63. The van der Waals surface area contributed by atoms with Crippen LogP contribution in [-0.2, 0) is 11.3 Å². The number of nitrogens with one attached hydrogen (secondary N) is 1. The minimum atomic E-state index is -0.118. The maximum Gasteiger partial charge on any atom is 0.238 e. The SMILES string of the molecule is CN(CC(=O)Nc1cccc(Cl)c1)Cc1cc(-c2ccccc2)no1. The average molecular weight is 356 g/mol. The number of rotatable bonds is 6. The van der Waals surface area contributed by atoms with E-state index in [1.165, 1.54) is 0 Å². The van der Waals surface area contributed by atoms with Gasteiger partial charge < -0.3 is 9.84 Å². The molecule has 25 heavy (non-hydrogen) atoms. The van der Waals surface area contributed by atoms with Gasteiger partial charge in [-0.15, -0.1) is 0 Å². The summed E-state index contributed by atoms with van der Waals surface area (Å²) in [5.41, 5.74) is 2.46. The first-order valence-corrected chi connectivity index (χ1v) is 8.23. The minimum absolute atomic E-state index is 0.118. The average Bonchev–Trinajstić information content (AvgIpc) is 3.03. The second-order valence-corrected chi connectivity index (χ2v) is 6.21. The maximum absolute atomic E-state index is 12.1. The topological polar surface area (TPSA) is 58.4 Å². The lowest BCUT2D eigenvalue weighted by atomic mass is 10.1. The van der Waals surface area contributed by atoms with Crippen LogP contribution in [0.2, 0.25) is 5.02 Å². The molecule has 5 nitrogen and oxygen atoms in total. The van der Waals surface area contributed by atoms with Gasteiger partial charge in [0.2, 0.25) is 5.91 Å². The van der Waals surface area contributed by atoms with E-state index in [9.17, 15) is 4.79 Å². The van der Waals surface area contributed by atoms with Crippen LogP contribution < -0.4 is 5.32 Å². The Labute approximate surface area is 151 Å². The summed E-state index contributed by atoms with van der Waals surface area (Å²) in [6.07, 6.45) is 0. The summed E-state index contributed by atoms with van der Waals surface area (Å²) in [6, 6.07) is 18.8. The fourth-order valence-corrected chi connectivity index (χ4v) is 2.66. The molecular weight excluding hydrogens is 338 g/mol. The molecule has 3 aromatic rings. The molecule has 0 atom stereocenters. The number of benzene rings is 2. The van der Waals surface area contributed by atoms with Crippen molar-refractivity contribution in [1.82, 2.24) is 10.1 Å². The van der Waals surface area contributed by atoms with Crippen LogP contribution in [0.1, 0.15) is 5.76 Å². The number of hydrogen-bond donors (Lipinski definition) is 1. The number of carbonyl (C=O) groups excluding carboxylic acids is 1. The number of hydrogen-bond acceptors (Lipinski definition) is 4. The number of aromatic nitrogens is 1. The van der Waals surface area contributed by atoms with Gasteiger partial charge in [0.05, 0.1) is 13.1 Å². The highest BCUT2D eigenvalue weighted by Gasteiger charge is 2.12. The molecule has 6 heteroatoms. The molecule has 0 aliphatic carbocycles. The molecule has 128 valence electrons. The van der Waals surface area contributed by atoms with Crippen LogP contribution in [0.15, 0.2) is 65.2 Å². The Bertz CT molecular complexity index is 849. The van der Waals surface area contributed by atoms with Crippen LogP contribution >= 0.6 is 11.6 Å². The van der Waals surface area contributed by atoms with Gasteiger partial charge in [0.1, 0.15) is 5.69 Å². The number of nitrogens with zero attached hydrogens (tertiary/aromatic N) is 2. The molecule has 0 fully saturated rings. The fraction of sp³-hybridized carbons (Fsp3) is 0.158. The Kier molecular flexibility index (Phi) is 5.48. The van der Waals surface area contributed by atoms with Gasteiger partial charge >= 0.3 is 0 Å². The molecule has 1 amide bonds. The first-order chi connectivity index (χ1) is 12.1. The summed E-state index contributed by atoms with van der Waals surface area (Å²) in [5, 5.41) is 7.48.